The van der Waals surface area contributed by atoms with Crippen LogP contribution in [0.15, 0.2) is 41.3 Å². The van der Waals surface area contributed by atoms with Gasteiger partial charge in [-0.3, -0.25) is 4.72 Å². The molecule has 4 nitrogen and oxygen atoms in total. The molecule has 3 N–H and O–H groups in total. The number of sulfonamides is 1. The molecule has 0 aliphatic carbocycles. The summed E-state index contributed by atoms with van der Waals surface area (Å²) in [6, 6.07) is 7.73. The lowest BCUT2D eigenvalue weighted by atomic mass is 10.3. The van der Waals surface area contributed by atoms with Gasteiger partial charge in [0.2, 0.25) is 0 Å². The average molecular weight is 335 g/mol. The molecular formula is C12H9Cl2FN2O2S. The minimum atomic E-state index is -4.12. The van der Waals surface area contributed by atoms with E-state index in [-0.39, 0.29) is 21.4 Å². The van der Waals surface area contributed by atoms with Crippen molar-refractivity contribution in [3.05, 3.63) is 52.3 Å². The van der Waals surface area contributed by atoms with Crippen LogP contribution in [0.5, 0.6) is 0 Å². The molecule has 0 radical (unpaired) electrons. The van der Waals surface area contributed by atoms with Crippen LogP contribution in [-0.4, -0.2) is 8.42 Å². The number of nitrogens with two attached hydrogens (primary N) is 1. The fourth-order valence-electron chi connectivity index (χ4n) is 1.52. The van der Waals surface area contributed by atoms with E-state index in [9.17, 15) is 12.8 Å². The van der Waals surface area contributed by atoms with E-state index in [1.165, 1.54) is 24.3 Å². The van der Waals surface area contributed by atoms with Gasteiger partial charge in [-0.25, -0.2) is 12.8 Å². The Hall–Kier alpha value is -1.50. The van der Waals surface area contributed by atoms with E-state index in [4.69, 9.17) is 28.9 Å². The summed E-state index contributed by atoms with van der Waals surface area (Å²) in [5.41, 5.74) is 5.57. The number of nitrogen functional groups attached to an aromatic ring is 1. The molecule has 8 heteroatoms. The average Bonchev–Trinajstić information content (AvgIpc) is 2.34. The van der Waals surface area contributed by atoms with Crippen molar-refractivity contribution < 1.29 is 12.8 Å². The summed E-state index contributed by atoms with van der Waals surface area (Å²) < 4.78 is 40.1. The molecule has 0 fully saturated rings. The van der Waals surface area contributed by atoms with Crippen molar-refractivity contribution in [2.45, 2.75) is 4.90 Å². The Morgan fingerprint density at radius 3 is 2.50 bits per heavy atom. The monoisotopic (exact) mass is 334 g/mol. The largest absolute Gasteiger partial charge is 0.399 e. The fraction of sp³-hybridized carbons (Fsp3) is 0. The number of rotatable bonds is 3. The Morgan fingerprint density at radius 2 is 1.85 bits per heavy atom. The molecule has 20 heavy (non-hydrogen) atoms. The molecule has 0 saturated carbocycles. The molecule has 2 aromatic carbocycles. The van der Waals surface area contributed by atoms with Crippen LogP contribution in [0.1, 0.15) is 0 Å². The standard InChI is InChI=1S/C12H9Cl2FN2O2S/c13-8-2-1-3-10(12(8)14)17-20(18,19)11-5-4-7(16)6-9(11)15/h1-6,17H,16H2. The zero-order valence-electron chi connectivity index (χ0n) is 9.90. The Labute approximate surface area is 125 Å². The number of anilines is 2. The lowest BCUT2D eigenvalue weighted by Gasteiger charge is -2.11. The topological polar surface area (TPSA) is 72.2 Å². The van der Waals surface area contributed by atoms with E-state index in [1.807, 2.05) is 0 Å². The quantitative estimate of drug-likeness (QED) is 0.843. The maximum absolute atomic E-state index is 13.7. The summed E-state index contributed by atoms with van der Waals surface area (Å²) >= 11 is 11.7. The second-order valence-corrected chi connectivity index (χ2v) is 6.33. The molecule has 0 amide bonds. The van der Waals surface area contributed by atoms with Gasteiger partial charge in [0.05, 0.1) is 15.7 Å². The number of hydrogen-bond donors (Lipinski definition) is 2. The third-order valence-corrected chi connectivity index (χ3v) is 4.66. The molecule has 0 unspecified atom stereocenters. The van der Waals surface area contributed by atoms with Gasteiger partial charge in [0.25, 0.3) is 10.0 Å². The first-order valence-electron chi connectivity index (χ1n) is 5.33. The number of benzene rings is 2. The van der Waals surface area contributed by atoms with Crippen LogP contribution in [0.4, 0.5) is 15.8 Å². The minimum absolute atomic E-state index is 0.0357. The van der Waals surface area contributed by atoms with Crippen molar-refractivity contribution in [1.29, 1.82) is 0 Å². The van der Waals surface area contributed by atoms with Gasteiger partial charge in [-0.1, -0.05) is 29.3 Å². The zero-order chi connectivity index (χ0) is 14.9. The smallest absolute Gasteiger partial charge is 0.264 e. The van der Waals surface area contributed by atoms with Crippen LogP contribution >= 0.6 is 23.2 Å². The Bertz CT molecular complexity index is 766. The molecule has 106 valence electrons. The number of nitrogens with one attached hydrogen (secondary N) is 1. The minimum Gasteiger partial charge on any atom is -0.399 e. The molecule has 0 bridgehead atoms. The lowest BCUT2D eigenvalue weighted by molar-refractivity contribution is 0.571. The van der Waals surface area contributed by atoms with E-state index in [1.54, 1.807) is 0 Å². The highest BCUT2D eigenvalue weighted by atomic mass is 35.5. The molecule has 0 aliphatic heterocycles. The predicted molar refractivity (Wildman–Crippen MR) is 78.1 cm³/mol. The third kappa shape index (κ3) is 2.98. The summed E-state index contributed by atoms with van der Waals surface area (Å²) in [5.74, 6) is -0.948. The first-order chi connectivity index (χ1) is 9.31. The first-order valence-corrected chi connectivity index (χ1v) is 7.57. The van der Waals surface area contributed by atoms with Crippen molar-refractivity contribution in [3.63, 3.8) is 0 Å². The Morgan fingerprint density at radius 1 is 1.15 bits per heavy atom. The molecule has 0 heterocycles. The van der Waals surface area contributed by atoms with Crippen LogP contribution in [-0.2, 0) is 10.0 Å². The molecule has 0 aromatic heterocycles. The second kappa shape index (κ2) is 5.47. The highest BCUT2D eigenvalue weighted by Crippen LogP contribution is 2.31. The highest BCUT2D eigenvalue weighted by Gasteiger charge is 2.20. The van der Waals surface area contributed by atoms with Crippen molar-refractivity contribution in [1.82, 2.24) is 0 Å². The summed E-state index contributed by atoms with van der Waals surface area (Å²) in [4.78, 5) is -0.525. The van der Waals surface area contributed by atoms with Crippen LogP contribution in [0, 0.1) is 5.82 Å². The van der Waals surface area contributed by atoms with Gasteiger partial charge in [0.1, 0.15) is 10.7 Å². The van der Waals surface area contributed by atoms with Gasteiger partial charge in [0, 0.05) is 5.69 Å². The molecule has 2 aromatic rings. The van der Waals surface area contributed by atoms with Crippen LogP contribution in [0.3, 0.4) is 0 Å². The highest BCUT2D eigenvalue weighted by molar-refractivity contribution is 7.92. The Kier molecular flexibility index (Phi) is 4.08. The summed E-state index contributed by atoms with van der Waals surface area (Å²) in [7, 11) is -4.12. The number of halogens is 3. The predicted octanol–water partition coefficient (Wildman–Crippen LogP) is 3.52. The Balaban J connectivity index is 2.44. The second-order valence-electron chi connectivity index (χ2n) is 3.90. The van der Waals surface area contributed by atoms with Gasteiger partial charge < -0.3 is 5.73 Å². The molecule has 0 spiro atoms. The summed E-state index contributed by atoms with van der Waals surface area (Å²) in [5, 5.41) is 0.221. The van der Waals surface area contributed by atoms with Gasteiger partial charge in [-0.2, -0.15) is 0 Å². The van der Waals surface area contributed by atoms with Crippen molar-refractivity contribution in [2.24, 2.45) is 0 Å². The van der Waals surface area contributed by atoms with Crippen LogP contribution in [0.2, 0.25) is 10.0 Å². The summed E-state index contributed by atoms with van der Waals surface area (Å²) in [6.07, 6.45) is 0. The van der Waals surface area contributed by atoms with E-state index < -0.39 is 20.7 Å². The van der Waals surface area contributed by atoms with E-state index in [0.717, 1.165) is 12.1 Å². The van der Waals surface area contributed by atoms with Gasteiger partial charge in [-0.15, -0.1) is 0 Å². The molecule has 0 saturated heterocycles. The SMILES string of the molecule is Nc1ccc(S(=O)(=O)Nc2cccc(Cl)c2Cl)c(F)c1. The fourth-order valence-corrected chi connectivity index (χ4v) is 3.05. The first kappa shape index (κ1) is 14.9. The van der Waals surface area contributed by atoms with Crippen molar-refractivity contribution in [2.75, 3.05) is 10.5 Å². The normalized spacial score (nSPS) is 11.3. The van der Waals surface area contributed by atoms with Crippen LogP contribution in [0.25, 0.3) is 0 Å². The molecule has 0 aliphatic rings. The summed E-state index contributed by atoms with van der Waals surface area (Å²) in [6.45, 7) is 0. The molecule has 0 atom stereocenters. The third-order valence-electron chi connectivity index (χ3n) is 2.44. The molecular weight excluding hydrogens is 326 g/mol. The van der Waals surface area contributed by atoms with Gasteiger partial charge in [-0.05, 0) is 30.3 Å². The van der Waals surface area contributed by atoms with Crippen LogP contribution < -0.4 is 10.5 Å². The lowest BCUT2D eigenvalue weighted by Crippen LogP contribution is -2.15. The van der Waals surface area contributed by atoms with E-state index in [0.29, 0.717) is 0 Å². The number of hydrogen-bond acceptors (Lipinski definition) is 3. The molecule has 2 rings (SSSR count). The van der Waals surface area contributed by atoms with Gasteiger partial charge in [0.15, 0.2) is 0 Å². The zero-order valence-corrected chi connectivity index (χ0v) is 12.2. The van der Waals surface area contributed by atoms with Crippen molar-refractivity contribution in [3.8, 4) is 0 Å². The van der Waals surface area contributed by atoms with Gasteiger partial charge >= 0.3 is 0 Å². The van der Waals surface area contributed by atoms with Crippen molar-refractivity contribution >= 4 is 44.6 Å². The maximum atomic E-state index is 13.7. The van der Waals surface area contributed by atoms with E-state index in [2.05, 4.69) is 4.72 Å². The van der Waals surface area contributed by atoms with E-state index >= 15 is 0 Å². The maximum Gasteiger partial charge on any atom is 0.264 e.